The molecule has 2 aliphatic carbocycles. The quantitative estimate of drug-likeness (QED) is 0.684. The molecule has 1 unspecified atom stereocenters. The second-order valence-electron chi connectivity index (χ2n) is 4.25. The number of Topliss-reactive ketones (excluding diaryl/α,β-unsaturated/α-hetero) is 1. The van der Waals surface area contributed by atoms with Gasteiger partial charge in [0.05, 0.1) is 0 Å². The molecule has 2 aliphatic rings. The smallest absolute Gasteiger partial charge is 0.192 e. The van der Waals surface area contributed by atoms with Crippen molar-refractivity contribution in [2.45, 2.75) is 19.8 Å². The molecule has 0 aromatic carbocycles. The molecule has 2 rings (SSSR count). The fourth-order valence-electron chi connectivity index (χ4n) is 1.79. The predicted molar refractivity (Wildman–Crippen MR) is 67.0 cm³/mol. The molecule has 0 aliphatic heterocycles. The number of hydrogen-bond donors (Lipinski definition) is 0. The van der Waals surface area contributed by atoms with Crippen molar-refractivity contribution in [3.05, 3.63) is 59.8 Å². The summed E-state index contributed by atoms with van der Waals surface area (Å²) >= 11 is 0. The molecule has 82 valence electrons. The van der Waals surface area contributed by atoms with Crippen molar-refractivity contribution in [2.24, 2.45) is 5.92 Å². The first-order valence-corrected chi connectivity index (χ1v) is 5.74. The summed E-state index contributed by atoms with van der Waals surface area (Å²) in [5.74, 6) is 0.682. The number of carbonyl (C=O) groups excluding carboxylic acids is 1. The summed E-state index contributed by atoms with van der Waals surface area (Å²) in [6, 6.07) is 0. The zero-order valence-electron chi connectivity index (χ0n) is 9.52. The van der Waals surface area contributed by atoms with E-state index in [9.17, 15) is 4.79 Å². The summed E-state index contributed by atoms with van der Waals surface area (Å²) in [6.45, 7) is 2.15. The van der Waals surface area contributed by atoms with E-state index in [-0.39, 0.29) is 5.78 Å². The molecule has 0 heterocycles. The van der Waals surface area contributed by atoms with Crippen molar-refractivity contribution in [3.63, 3.8) is 0 Å². The Balaban J connectivity index is 2.17. The van der Waals surface area contributed by atoms with E-state index in [1.165, 1.54) is 0 Å². The second-order valence-corrected chi connectivity index (χ2v) is 4.25. The number of carbonyl (C=O) groups is 1. The van der Waals surface area contributed by atoms with Crippen LogP contribution in [0.15, 0.2) is 59.8 Å². The minimum absolute atomic E-state index is 0.131. The normalized spacial score (nSPS) is 23.7. The maximum atomic E-state index is 12.1. The van der Waals surface area contributed by atoms with Crippen molar-refractivity contribution in [3.8, 4) is 0 Å². The molecule has 0 bridgehead atoms. The molecule has 0 N–H and O–H groups in total. The standard InChI is InChI=1S/C15H16O/c1-12-8-10-14(11-9-12)15(16)13-6-4-2-3-5-7-13/h2,4-8,10-12H,3,9H2,1H3. The zero-order valence-corrected chi connectivity index (χ0v) is 9.52. The number of ketones is 1. The van der Waals surface area contributed by atoms with Crippen molar-refractivity contribution in [1.29, 1.82) is 0 Å². The first-order valence-electron chi connectivity index (χ1n) is 5.74. The first kappa shape index (κ1) is 10.9. The molecule has 0 saturated heterocycles. The fourth-order valence-corrected chi connectivity index (χ4v) is 1.79. The van der Waals surface area contributed by atoms with Crippen LogP contribution in [0.3, 0.4) is 0 Å². The van der Waals surface area contributed by atoms with E-state index in [0.717, 1.165) is 24.0 Å². The molecule has 16 heavy (non-hydrogen) atoms. The average Bonchev–Trinajstić information content (AvgIpc) is 2.57. The maximum absolute atomic E-state index is 12.1. The van der Waals surface area contributed by atoms with Crippen LogP contribution in [0.1, 0.15) is 19.8 Å². The molecule has 1 heteroatoms. The Bertz CT molecular complexity index is 430. The highest BCUT2D eigenvalue weighted by Gasteiger charge is 2.13. The fraction of sp³-hybridized carbons (Fsp3) is 0.267. The van der Waals surface area contributed by atoms with Gasteiger partial charge in [-0.2, -0.15) is 0 Å². The third-order valence-corrected chi connectivity index (χ3v) is 2.82. The molecule has 1 atom stereocenters. The Kier molecular flexibility index (Phi) is 3.35. The molecule has 1 nitrogen and oxygen atoms in total. The maximum Gasteiger partial charge on any atom is 0.192 e. The lowest BCUT2D eigenvalue weighted by Gasteiger charge is -2.10. The molecule has 0 saturated carbocycles. The van der Waals surface area contributed by atoms with Gasteiger partial charge in [-0.15, -0.1) is 0 Å². The van der Waals surface area contributed by atoms with Crippen LogP contribution in [0.4, 0.5) is 0 Å². The van der Waals surface area contributed by atoms with Crippen LogP contribution in [0.2, 0.25) is 0 Å². The summed E-state index contributed by atoms with van der Waals surface area (Å²) in [5.41, 5.74) is 1.60. The Morgan fingerprint density at radius 3 is 2.88 bits per heavy atom. The molecule has 0 radical (unpaired) electrons. The van der Waals surface area contributed by atoms with E-state index in [1.807, 2.05) is 42.5 Å². The van der Waals surface area contributed by atoms with Gasteiger partial charge in [-0.3, -0.25) is 4.79 Å². The molecule has 0 aromatic rings. The van der Waals surface area contributed by atoms with Crippen LogP contribution in [0.25, 0.3) is 0 Å². The van der Waals surface area contributed by atoms with Gasteiger partial charge < -0.3 is 0 Å². The monoisotopic (exact) mass is 212 g/mol. The van der Waals surface area contributed by atoms with Crippen molar-refractivity contribution >= 4 is 5.78 Å². The molecular weight excluding hydrogens is 196 g/mol. The van der Waals surface area contributed by atoms with E-state index in [1.54, 1.807) is 0 Å². The van der Waals surface area contributed by atoms with Crippen LogP contribution in [-0.2, 0) is 4.79 Å². The third-order valence-electron chi connectivity index (χ3n) is 2.82. The SMILES string of the molecule is CC1C=CC(C(=O)C2=CC=CCC=C2)=CC1. The second kappa shape index (κ2) is 4.93. The van der Waals surface area contributed by atoms with Gasteiger partial charge in [0.15, 0.2) is 5.78 Å². The molecule has 0 spiro atoms. The van der Waals surface area contributed by atoms with Crippen molar-refractivity contribution in [2.75, 3.05) is 0 Å². The Morgan fingerprint density at radius 1 is 1.25 bits per heavy atom. The summed E-state index contributed by atoms with van der Waals surface area (Å²) in [7, 11) is 0. The van der Waals surface area contributed by atoms with E-state index in [2.05, 4.69) is 13.0 Å². The lowest BCUT2D eigenvalue weighted by Crippen LogP contribution is -2.06. The van der Waals surface area contributed by atoms with E-state index >= 15 is 0 Å². The van der Waals surface area contributed by atoms with Crippen LogP contribution in [0, 0.1) is 5.92 Å². The topological polar surface area (TPSA) is 17.1 Å². The Labute approximate surface area is 96.6 Å². The van der Waals surface area contributed by atoms with Gasteiger partial charge in [0.1, 0.15) is 0 Å². The molecule has 0 amide bonds. The van der Waals surface area contributed by atoms with Gasteiger partial charge in [-0.25, -0.2) is 0 Å². The van der Waals surface area contributed by atoms with E-state index in [4.69, 9.17) is 0 Å². The van der Waals surface area contributed by atoms with E-state index in [0.29, 0.717) is 5.92 Å². The summed E-state index contributed by atoms with van der Waals surface area (Å²) < 4.78 is 0. The summed E-state index contributed by atoms with van der Waals surface area (Å²) in [4.78, 5) is 12.1. The van der Waals surface area contributed by atoms with Crippen LogP contribution < -0.4 is 0 Å². The zero-order chi connectivity index (χ0) is 11.4. The van der Waals surface area contributed by atoms with Gasteiger partial charge in [0.2, 0.25) is 0 Å². The van der Waals surface area contributed by atoms with Crippen LogP contribution in [0.5, 0.6) is 0 Å². The van der Waals surface area contributed by atoms with Gasteiger partial charge in [0, 0.05) is 11.1 Å². The summed E-state index contributed by atoms with van der Waals surface area (Å²) in [6.07, 6.45) is 17.8. The van der Waals surface area contributed by atoms with Gasteiger partial charge in [-0.05, 0) is 18.8 Å². The minimum atomic E-state index is 0.131. The lowest BCUT2D eigenvalue weighted by atomic mass is 9.93. The molecular formula is C15H16O. The highest BCUT2D eigenvalue weighted by atomic mass is 16.1. The van der Waals surface area contributed by atoms with Crippen molar-refractivity contribution < 1.29 is 4.79 Å². The van der Waals surface area contributed by atoms with E-state index < -0.39 is 0 Å². The third kappa shape index (κ3) is 2.48. The summed E-state index contributed by atoms with van der Waals surface area (Å²) in [5, 5.41) is 0. The average molecular weight is 212 g/mol. The number of allylic oxidation sites excluding steroid dienone is 10. The number of rotatable bonds is 2. The Morgan fingerprint density at radius 2 is 2.12 bits per heavy atom. The number of hydrogen-bond acceptors (Lipinski definition) is 1. The highest BCUT2D eigenvalue weighted by Crippen LogP contribution is 2.19. The van der Waals surface area contributed by atoms with Gasteiger partial charge >= 0.3 is 0 Å². The largest absolute Gasteiger partial charge is 0.289 e. The van der Waals surface area contributed by atoms with Crippen LogP contribution in [-0.4, -0.2) is 5.78 Å². The Hall–Kier alpha value is -1.63. The van der Waals surface area contributed by atoms with Gasteiger partial charge in [0.25, 0.3) is 0 Å². The van der Waals surface area contributed by atoms with Crippen LogP contribution >= 0.6 is 0 Å². The van der Waals surface area contributed by atoms with Gasteiger partial charge in [-0.1, -0.05) is 55.5 Å². The molecule has 0 aromatic heterocycles. The van der Waals surface area contributed by atoms with Crippen molar-refractivity contribution in [1.82, 2.24) is 0 Å². The highest BCUT2D eigenvalue weighted by molar-refractivity contribution is 6.12. The predicted octanol–water partition coefficient (Wildman–Crippen LogP) is 3.52. The lowest BCUT2D eigenvalue weighted by molar-refractivity contribution is -0.111. The minimum Gasteiger partial charge on any atom is -0.289 e. The first-order chi connectivity index (χ1) is 7.77. The molecule has 0 fully saturated rings.